The van der Waals surface area contributed by atoms with Crippen LogP contribution < -0.4 is 10.9 Å². The highest BCUT2D eigenvalue weighted by molar-refractivity contribution is 7.89. The van der Waals surface area contributed by atoms with E-state index in [1.165, 1.54) is 30.5 Å². The number of rotatable bonds is 6. The third kappa shape index (κ3) is 8.90. The maximum atomic E-state index is 13.0. The number of sulfonamides is 1. The fourth-order valence-electron chi connectivity index (χ4n) is 3.26. The van der Waals surface area contributed by atoms with E-state index in [9.17, 15) is 40.0 Å². The molecule has 9 nitrogen and oxygen atoms in total. The Hall–Kier alpha value is -3.07. The lowest BCUT2D eigenvalue weighted by atomic mass is 10.1. The third-order valence-electron chi connectivity index (χ3n) is 4.86. The number of primary sulfonamides is 1. The topological polar surface area (TPSA) is 141 Å². The summed E-state index contributed by atoms with van der Waals surface area (Å²) in [6, 6.07) is 6.21. The van der Waals surface area contributed by atoms with E-state index in [-0.39, 0.29) is 42.8 Å². The molecule has 4 N–H and O–H groups in total. The number of hydrogen-bond donors (Lipinski definition) is 2. The van der Waals surface area contributed by atoms with Crippen molar-refractivity contribution in [1.82, 2.24) is 14.7 Å². The number of carbonyl (C=O) groups is 2. The Balaban J connectivity index is 0.000000247. The number of benzene rings is 1. The van der Waals surface area contributed by atoms with Crippen molar-refractivity contribution in [1.29, 1.82) is 0 Å². The van der Waals surface area contributed by atoms with Crippen molar-refractivity contribution in [2.75, 3.05) is 18.8 Å². The number of aromatic nitrogens is 2. The molecule has 1 aliphatic heterocycles. The lowest BCUT2D eigenvalue weighted by Crippen LogP contribution is -2.45. The van der Waals surface area contributed by atoms with Gasteiger partial charge in [-0.3, -0.25) is 9.59 Å². The molecule has 0 aliphatic carbocycles. The summed E-state index contributed by atoms with van der Waals surface area (Å²) in [4.78, 5) is 23.5. The van der Waals surface area contributed by atoms with Gasteiger partial charge in [-0.1, -0.05) is 12.1 Å². The van der Waals surface area contributed by atoms with Crippen molar-refractivity contribution < 1.29 is 40.0 Å². The highest BCUT2D eigenvalue weighted by Gasteiger charge is 2.37. The van der Waals surface area contributed by atoms with Crippen LogP contribution in [-0.4, -0.2) is 59.7 Å². The van der Waals surface area contributed by atoms with Gasteiger partial charge < -0.3 is 10.6 Å². The Morgan fingerprint density at radius 2 is 1.80 bits per heavy atom. The molecule has 1 aromatic carbocycles. The molecule has 0 saturated carbocycles. The van der Waals surface area contributed by atoms with E-state index in [1.807, 2.05) is 0 Å². The Morgan fingerprint density at radius 3 is 2.34 bits per heavy atom. The van der Waals surface area contributed by atoms with Gasteiger partial charge in [-0.05, 0) is 31.0 Å². The number of nitrogens with two attached hydrogens (primary N) is 2. The molecule has 0 atom stereocenters. The van der Waals surface area contributed by atoms with Gasteiger partial charge in [0, 0.05) is 25.6 Å². The molecule has 2 aromatic rings. The molecule has 1 aliphatic rings. The Bertz CT molecular complexity index is 1150. The number of likely N-dealkylation sites (tertiary alicyclic amines) is 1. The van der Waals surface area contributed by atoms with Gasteiger partial charge in [-0.25, -0.2) is 27.0 Å². The molecule has 0 radical (unpaired) electrons. The minimum absolute atomic E-state index is 0.0630. The quantitative estimate of drug-likeness (QED) is 0.557. The number of para-hydroxylation sites is 1. The zero-order valence-electron chi connectivity index (χ0n) is 18.3. The highest BCUT2D eigenvalue weighted by Crippen LogP contribution is 2.33. The highest BCUT2D eigenvalue weighted by atomic mass is 32.2. The molecule has 0 bridgehead atoms. The van der Waals surface area contributed by atoms with Crippen LogP contribution in [0, 0.1) is 0 Å². The van der Waals surface area contributed by atoms with Crippen molar-refractivity contribution in [3.63, 3.8) is 0 Å². The first-order valence-corrected chi connectivity index (χ1v) is 12.0. The van der Waals surface area contributed by atoms with Gasteiger partial charge in [0.1, 0.15) is 5.69 Å². The van der Waals surface area contributed by atoms with Gasteiger partial charge in [-0.2, -0.15) is 18.3 Å². The number of piperidine rings is 1. The summed E-state index contributed by atoms with van der Waals surface area (Å²) in [5, 5.41) is 8.47. The van der Waals surface area contributed by atoms with Gasteiger partial charge in [0.15, 0.2) is 0 Å². The van der Waals surface area contributed by atoms with E-state index in [0.29, 0.717) is 6.54 Å². The lowest BCUT2D eigenvalue weighted by molar-refractivity contribution is -0.141. The zero-order valence-corrected chi connectivity index (χ0v) is 19.2. The average Bonchev–Trinajstić information content (AvgIpc) is 3.22. The average molecular weight is 526 g/mol. The second-order valence-corrected chi connectivity index (χ2v) is 9.50. The molecule has 1 aromatic heterocycles. The van der Waals surface area contributed by atoms with E-state index < -0.39 is 46.0 Å². The van der Waals surface area contributed by atoms with Crippen molar-refractivity contribution in [2.45, 2.75) is 37.8 Å². The first-order valence-electron chi connectivity index (χ1n) is 10.3. The molecule has 2 heterocycles. The summed E-state index contributed by atoms with van der Waals surface area (Å²) in [7, 11) is -3.59. The standard InChI is InChI=1S/C11H8F3N3O.C9H16F2N2O3S/c12-11(13,14)7-3-1-2-4-9(7)17-6-5-8(16-17)10(15)18;10-9(11)4-2-5-13(7-9)8(14)3-1-6-17(12,15)16/h1-6H,(H2,15,18);1-7H2,(H2,12,15,16). The molecule has 0 spiro atoms. The molecule has 2 amide bonds. The van der Waals surface area contributed by atoms with E-state index in [2.05, 4.69) is 5.10 Å². The number of alkyl halides is 5. The van der Waals surface area contributed by atoms with Crippen molar-refractivity contribution in [2.24, 2.45) is 10.9 Å². The number of nitrogens with zero attached hydrogens (tertiary/aromatic N) is 3. The van der Waals surface area contributed by atoms with Crippen LogP contribution in [0.25, 0.3) is 5.69 Å². The molecule has 0 unspecified atom stereocenters. The van der Waals surface area contributed by atoms with E-state index in [4.69, 9.17) is 10.9 Å². The van der Waals surface area contributed by atoms with E-state index >= 15 is 0 Å². The summed E-state index contributed by atoms with van der Waals surface area (Å²) in [6.45, 7) is -0.259. The van der Waals surface area contributed by atoms with Crippen LogP contribution in [0.2, 0.25) is 0 Å². The summed E-state index contributed by atoms with van der Waals surface area (Å²) < 4.78 is 86.6. The fourth-order valence-corrected chi connectivity index (χ4v) is 3.81. The minimum atomic E-state index is -4.49. The largest absolute Gasteiger partial charge is 0.418 e. The molecule has 194 valence electrons. The fraction of sp³-hybridized carbons (Fsp3) is 0.450. The number of halogens is 5. The summed E-state index contributed by atoms with van der Waals surface area (Å²) in [5.74, 6) is -4.36. The molecule has 3 rings (SSSR count). The molecular weight excluding hydrogens is 501 g/mol. The van der Waals surface area contributed by atoms with Crippen LogP contribution >= 0.6 is 0 Å². The summed E-state index contributed by atoms with van der Waals surface area (Å²) in [6.07, 6.45) is -3.16. The smallest absolute Gasteiger partial charge is 0.364 e. The number of carbonyl (C=O) groups excluding carboxylic acids is 2. The zero-order chi connectivity index (χ0) is 26.4. The van der Waals surface area contributed by atoms with Crippen molar-refractivity contribution in [3.05, 3.63) is 47.8 Å². The maximum Gasteiger partial charge on any atom is 0.418 e. The van der Waals surface area contributed by atoms with Crippen LogP contribution in [0.3, 0.4) is 0 Å². The molecule has 1 saturated heterocycles. The van der Waals surface area contributed by atoms with E-state index in [0.717, 1.165) is 15.6 Å². The minimum Gasteiger partial charge on any atom is -0.364 e. The summed E-state index contributed by atoms with van der Waals surface area (Å²) in [5.41, 5.74) is 3.92. The molecule has 15 heteroatoms. The van der Waals surface area contributed by atoms with Crippen LogP contribution in [0.5, 0.6) is 0 Å². The van der Waals surface area contributed by atoms with Gasteiger partial charge in [0.2, 0.25) is 15.9 Å². The first-order chi connectivity index (χ1) is 16.1. The predicted molar refractivity (Wildman–Crippen MR) is 115 cm³/mol. The van der Waals surface area contributed by atoms with Crippen LogP contribution in [0.15, 0.2) is 36.5 Å². The number of amides is 2. The maximum absolute atomic E-state index is 13.0. The Labute approximate surface area is 197 Å². The summed E-state index contributed by atoms with van der Waals surface area (Å²) >= 11 is 0. The van der Waals surface area contributed by atoms with Gasteiger partial charge >= 0.3 is 6.18 Å². The lowest BCUT2D eigenvalue weighted by Gasteiger charge is -2.32. The van der Waals surface area contributed by atoms with Gasteiger partial charge in [0.05, 0.1) is 23.5 Å². The number of hydrogen-bond acceptors (Lipinski definition) is 5. The Morgan fingerprint density at radius 1 is 1.14 bits per heavy atom. The second-order valence-electron chi connectivity index (χ2n) is 7.77. The van der Waals surface area contributed by atoms with E-state index in [1.54, 1.807) is 0 Å². The first kappa shape index (κ1) is 28.2. The molecule has 35 heavy (non-hydrogen) atoms. The van der Waals surface area contributed by atoms with Crippen LogP contribution in [0.1, 0.15) is 41.7 Å². The van der Waals surface area contributed by atoms with Crippen LogP contribution in [-0.2, 0) is 21.0 Å². The monoisotopic (exact) mass is 525 g/mol. The van der Waals surface area contributed by atoms with Crippen LogP contribution in [0.4, 0.5) is 22.0 Å². The molecular formula is C20H24F5N5O4S. The normalized spacial score (nSPS) is 15.8. The third-order valence-corrected chi connectivity index (χ3v) is 5.72. The predicted octanol–water partition coefficient (Wildman–Crippen LogP) is 2.30. The van der Waals surface area contributed by atoms with Gasteiger partial charge in [0.25, 0.3) is 11.8 Å². The van der Waals surface area contributed by atoms with Crippen molar-refractivity contribution in [3.8, 4) is 5.69 Å². The van der Waals surface area contributed by atoms with Gasteiger partial charge in [-0.15, -0.1) is 0 Å². The van der Waals surface area contributed by atoms with Crippen molar-refractivity contribution >= 4 is 21.8 Å². The SMILES string of the molecule is NC(=O)c1ccn(-c2ccccc2C(F)(F)F)n1.NS(=O)(=O)CCCC(=O)N1CCCC(F)(F)C1. The molecule has 1 fully saturated rings. The second kappa shape index (κ2) is 11.1. The Kier molecular flexibility index (Phi) is 8.94. The number of primary amides is 1.